The Labute approximate surface area is 199 Å². The van der Waals surface area contributed by atoms with Gasteiger partial charge >= 0.3 is 0 Å². The molecule has 0 amide bonds. The van der Waals surface area contributed by atoms with Gasteiger partial charge in [0.15, 0.2) is 0 Å². The maximum absolute atomic E-state index is 14.3. The van der Waals surface area contributed by atoms with Crippen LogP contribution in [-0.4, -0.2) is 42.8 Å². The van der Waals surface area contributed by atoms with Gasteiger partial charge in [-0.15, -0.1) is 0 Å². The highest BCUT2D eigenvalue weighted by molar-refractivity contribution is 7.89. The molecule has 6 rings (SSSR count). The van der Waals surface area contributed by atoms with E-state index in [2.05, 4.69) is 28.1 Å². The molecule has 1 aromatic heterocycles. The number of aromatic nitrogens is 1. The largest absolute Gasteiger partial charge is 0.494 e. The third-order valence-corrected chi connectivity index (χ3v) is 8.87. The first-order valence-electron chi connectivity index (χ1n) is 11.4. The predicted octanol–water partition coefficient (Wildman–Crippen LogP) is 4.55. The minimum absolute atomic E-state index is 0.00701. The Hall–Kier alpha value is -3.26. The summed E-state index contributed by atoms with van der Waals surface area (Å²) in [6.07, 6.45) is 2.18. The van der Waals surface area contributed by atoms with Crippen molar-refractivity contribution >= 4 is 20.9 Å². The zero-order chi connectivity index (χ0) is 23.3. The Morgan fingerprint density at radius 2 is 1.74 bits per heavy atom. The lowest BCUT2D eigenvalue weighted by atomic mass is 9.93. The molecule has 3 aromatic carbocycles. The second-order valence-corrected chi connectivity index (χ2v) is 10.6. The fraction of sp³-hybridized carbons (Fsp3) is 0.222. The first-order chi connectivity index (χ1) is 16.6. The number of hydrogen-bond donors (Lipinski definition) is 0. The molecule has 172 valence electrons. The highest BCUT2D eigenvalue weighted by Crippen LogP contribution is 2.47. The number of ether oxygens (including phenoxy) is 1. The SMILES string of the molecule is COc1ccc(S(=O)(=O)N2C[C@@H]3c4ccccc4CCN3[C@@H]2c2ccccc2)c2cccnc12. The molecule has 0 bridgehead atoms. The number of rotatable bonds is 4. The van der Waals surface area contributed by atoms with Crippen LogP contribution in [0.4, 0.5) is 0 Å². The molecular formula is C27H25N3O3S. The van der Waals surface area contributed by atoms with Crippen molar-refractivity contribution in [1.82, 2.24) is 14.2 Å². The van der Waals surface area contributed by atoms with Crippen LogP contribution in [-0.2, 0) is 16.4 Å². The van der Waals surface area contributed by atoms with E-state index in [0.29, 0.717) is 23.2 Å². The molecule has 0 aliphatic carbocycles. The van der Waals surface area contributed by atoms with Crippen LogP contribution in [0.1, 0.15) is 28.9 Å². The van der Waals surface area contributed by atoms with Gasteiger partial charge in [-0.1, -0.05) is 54.6 Å². The normalized spacial score (nSPS) is 20.7. The molecule has 2 atom stereocenters. The quantitative estimate of drug-likeness (QED) is 0.437. The molecule has 1 fully saturated rings. The maximum Gasteiger partial charge on any atom is 0.245 e. The summed E-state index contributed by atoms with van der Waals surface area (Å²) in [6, 6.07) is 25.2. The van der Waals surface area contributed by atoms with Crippen molar-refractivity contribution in [1.29, 1.82) is 0 Å². The molecule has 0 spiro atoms. The van der Waals surface area contributed by atoms with E-state index < -0.39 is 10.0 Å². The summed E-state index contributed by atoms with van der Waals surface area (Å²) in [7, 11) is -2.28. The first kappa shape index (κ1) is 21.3. The molecule has 2 aliphatic rings. The molecular weight excluding hydrogens is 446 g/mol. The number of nitrogens with zero attached hydrogens (tertiary/aromatic N) is 3. The fourth-order valence-electron chi connectivity index (χ4n) is 5.45. The zero-order valence-corrected chi connectivity index (χ0v) is 19.7. The van der Waals surface area contributed by atoms with E-state index in [1.807, 2.05) is 36.4 Å². The number of benzene rings is 3. The number of hydrogen-bond acceptors (Lipinski definition) is 5. The topological polar surface area (TPSA) is 62.7 Å². The second-order valence-electron chi connectivity index (χ2n) is 8.73. The van der Waals surface area contributed by atoms with Gasteiger partial charge in [0.25, 0.3) is 0 Å². The van der Waals surface area contributed by atoms with Gasteiger partial charge < -0.3 is 4.74 Å². The maximum atomic E-state index is 14.3. The Bertz CT molecular complexity index is 1470. The molecule has 1 saturated heterocycles. The van der Waals surface area contributed by atoms with Gasteiger partial charge in [0.2, 0.25) is 10.0 Å². The summed E-state index contributed by atoms with van der Waals surface area (Å²) in [4.78, 5) is 7.00. The number of fused-ring (bicyclic) bond motifs is 4. The molecule has 0 N–H and O–H groups in total. The number of pyridine rings is 1. The average molecular weight is 472 g/mol. The van der Waals surface area contributed by atoms with Gasteiger partial charge in [-0.25, -0.2) is 8.42 Å². The van der Waals surface area contributed by atoms with Crippen LogP contribution in [0.3, 0.4) is 0 Å². The van der Waals surface area contributed by atoms with Crippen molar-refractivity contribution in [3.8, 4) is 5.75 Å². The summed E-state index contributed by atoms with van der Waals surface area (Å²) >= 11 is 0. The van der Waals surface area contributed by atoms with Crippen LogP contribution in [0.15, 0.2) is 90.0 Å². The van der Waals surface area contributed by atoms with Crippen LogP contribution in [0.5, 0.6) is 5.75 Å². The van der Waals surface area contributed by atoms with Crippen molar-refractivity contribution in [2.75, 3.05) is 20.2 Å². The van der Waals surface area contributed by atoms with E-state index in [1.165, 1.54) is 11.1 Å². The Morgan fingerprint density at radius 3 is 2.56 bits per heavy atom. The first-order valence-corrected chi connectivity index (χ1v) is 12.9. The third-order valence-electron chi connectivity index (χ3n) is 6.99. The Morgan fingerprint density at radius 1 is 0.941 bits per heavy atom. The van der Waals surface area contributed by atoms with Crippen LogP contribution >= 0.6 is 0 Å². The predicted molar refractivity (Wildman–Crippen MR) is 131 cm³/mol. The van der Waals surface area contributed by atoms with Gasteiger partial charge in [0.05, 0.1) is 18.0 Å². The third kappa shape index (κ3) is 3.23. The molecule has 2 aliphatic heterocycles. The van der Waals surface area contributed by atoms with Gasteiger partial charge in [-0.05, 0) is 47.4 Å². The van der Waals surface area contributed by atoms with Crippen molar-refractivity contribution in [2.24, 2.45) is 0 Å². The van der Waals surface area contributed by atoms with E-state index in [9.17, 15) is 8.42 Å². The highest BCUT2D eigenvalue weighted by atomic mass is 32.2. The summed E-state index contributed by atoms with van der Waals surface area (Å²) in [5.41, 5.74) is 4.04. The van der Waals surface area contributed by atoms with Gasteiger partial charge in [0, 0.05) is 24.7 Å². The van der Waals surface area contributed by atoms with Crippen LogP contribution < -0.4 is 4.74 Å². The highest BCUT2D eigenvalue weighted by Gasteiger charge is 2.48. The molecule has 7 heteroatoms. The van der Waals surface area contributed by atoms with E-state index in [4.69, 9.17) is 4.74 Å². The minimum atomic E-state index is -3.85. The molecule has 0 saturated carbocycles. The van der Waals surface area contributed by atoms with E-state index in [1.54, 1.807) is 41.9 Å². The Balaban J connectivity index is 1.52. The molecule has 3 heterocycles. The van der Waals surface area contributed by atoms with E-state index in [0.717, 1.165) is 18.5 Å². The van der Waals surface area contributed by atoms with Crippen LogP contribution in [0, 0.1) is 0 Å². The standard InChI is InChI=1S/C27H25N3O3S/c1-33-24-13-14-25(22-12-7-16-28-26(22)24)34(31,32)30-18-23-21-11-6-5-8-19(21)15-17-29(23)27(30)20-9-3-2-4-10-20/h2-14,16,23,27H,15,17-18H2,1H3/t23-,27+/m1/s1. The van der Waals surface area contributed by atoms with Crippen molar-refractivity contribution in [2.45, 2.75) is 23.5 Å². The Kier molecular flexibility index (Phi) is 5.13. The lowest BCUT2D eigenvalue weighted by molar-refractivity contribution is 0.154. The molecule has 4 aromatic rings. The lowest BCUT2D eigenvalue weighted by Gasteiger charge is -2.35. The fourth-order valence-corrected chi connectivity index (χ4v) is 7.23. The van der Waals surface area contributed by atoms with Crippen molar-refractivity contribution < 1.29 is 13.2 Å². The van der Waals surface area contributed by atoms with E-state index >= 15 is 0 Å². The van der Waals surface area contributed by atoms with Gasteiger partial charge in [-0.2, -0.15) is 4.31 Å². The smallest absolute Gasteiger partial charge is 0.245 e. The second kappa shape index (κ2) is 8.20. The van der Waals surface area contributed by atoms with Crippen LogP contribution in [0.2, 0.25) is 0 Å². The molecule has 6 nitrogen and oxygen atoms in total. The molecule has 34 heavy (non-hydrogen) atoms. The molecule has 0 radical (unpaired) electrons. The summed E-state index contributed by atoms with van der Waals surface area (Å²) in [6.45, 7) is 1.20. The molecule has 0 unspecified atom stereocenters. The average Bonchev–Trinajstić information content (AvgIpc) is 3.29. The summed E-state index contributed by atoms with van der Waals surface area (Å²) in [5.74, 6) is 0.557. The monoisotopic (exact) mass is 471 g/mol. The summed E-state index contributed by atoms with van der Waals surface area (Å²) < 4.78 is 35.8. The van der Waals surface area contributed by atoms with Crippen LogP contribution in [0.25, 0.3) is 10.9 Å². The van der Waals surface area contributed by atoms with E-state index in [-0.39, 0.29) is 17.1 Å². The summed E-state index contributed by atoms with van der Waals surface area (Å²) in [5, 5.41) is 0.568. The number of sulfonamides is 1. The number of methoxy groups -OCH3 is 1. The van der Waals surface area contributed by atoms with Crippen molar-refractivity contribution in [3.63, 3.8) is 0 Å². The van der Waals surface area contributed by atoms with Crippen molar-refractivity contribution in [3.05, 3.63) is 102 Å². The lowest BCUT2D eigenvalue weighted by Crippen LogP contribution is -2.37. The van der Waals surface area contributed by atoms with Gasteiger partial charge in [-0.3, -0.25) is 9.88 Å². The minimum Gasteiger partial charge on any atom is -0.494 e. The zero-order valence-electron chi connectivity index (χ0n) is 18.8. The van der Waals surface area contributed by atoms with Gasteiger partial charge in [0.1, 0.15) is 17.4 Å².